The molecule has 0 aromatic heterocycles. The van der Waals surface area contributed by atoms with Gasteiger partial charge < -0.3 is 0 Å². The second-order valence-electron chi connectivity index (χ2n) is 5.87. The van der Waals surface area contributed by atoms with E-state index in [1.165, 1.54) is 0 Å². The molecular weight excluding hydrogens is 396 g/mol. The van der Waals surface area contributed by atoms with Gasteiger partial charge in [-0.3, -0.25) is 0 Å². The fourth-order valence-electron chi connectivity index (χ4n) is 2.07. The highest BCUT2D eigenvalue weighted by atomic mass is 19.4. The Hall–Kier alpha value is -0.840. The Balaban J connectivity index is 5.23. The monoisotopic (exact) mass is 414 g/mol. The van der Waals surface area contributed by atoms with Crippen LogP contribution >= 0.6 is 0 Å². The van der Waals surface area contributed by atoms with Crippen LogP contribution in [0, 0.1) is 0 Å². The molecule has 0 fully saturated rings. The first-order chi connectivity index (χ1) is 11.5. The highest BCUT2D eigenvalue weighted by Gasteiger charge is 2.88. The fourth-order valence-corrected chi connectivity index (χ4v) is 2.07. The summed E-state index contributed by atoms with van der Waals surface area (Å²) < 4.78 is 153. The molecule has 0 saturated heterocycles. The van der Waals surface area contributed by atoms with Gasteiger partial charge in [-0.1, -0.05) is 45.4 Å². The van der Waals surface area contributed by atoms with Gasteiger partial charge in [-0.2, -0.15) is 48.3 Å². The molecule has 0 saturated carbocycles. The minimum absolute atomic E-state index is 0.0805. The van der Waals surface area contributed by atoms with Crippen molar-refractivity contribution in [3.05, 3.63) is 0 Å². The van der Waals surface area contributed by atoms with E-state index in [1.54, 1.807) is 0 Å². The lowest BCUT2D eigenvalue weighted by Gasteiger charge is -2.38. The molecular formula is C14H18F12. The van der Waals surface area contributed by atoms with Crippen LogP contribution in [-0.2, 0) is 0 Å². The first-order valence-electron chi connectivity index (χ1n) is 7.70. The maximum atomic E-state index is 13.4. The van der Waals surface area contributed by atoms with Gasteiger partial charge in [0.05, 0.1) is 0 Å². The summed E-state index contributed by atoms with van der Waals surface area (Å²) in [5, 5.41) is 0. The molecule has 0 amide bonds. The fraction of sp³-hybridized carbons (Fsp3) is 1.00. The van der Waals surface area contributed by atoms with E-state index in [2.05, 4.69) is 0 Å². The summed E-state index contributed by atoms with van der Waals surface area (Å²) in [6, 6.07) is 0. The van der Waals surface area contributed by atoms with Crippen LogP contribution in [0.25, 0.3) is 0 Å². The van der Waals surface area contributed by atoms with Crippen molar-refractivity contribution in [3.8, 4) is 0 Å². The second kappa shape index (κ2) is 8.45. The van der Waals surface area contributed by atoms with Gasteiger partial charge in [-0.05, 0) is 6.42 Å². The minimum Gasteiger partial charge on any atom is -0.241 e. The van der Waals surface area contributed by atoms with Gasteiger partial charge in [0, 0.05) is 0 Å². The first kappa shape index (κ1) is 25.2. The van der Waals surface area contributed by atoms with E-state index in [0.29, 0.717) is 12.8 Å². The van der Waals surface area contributed by atoms with Crippen molar-refractivity contribution in [2.24, 2.45) is 0 Å². The SMILES string of the molecule is CCCCCCCCC(F)C(F)(F)C(F)(F)C(F)(F)C(F)(F)C(F)(F)F. The summed E-state index contributed by atoms with van der Waals surface area (Å²) in [6.45, 7) is 1.84. The zero-order valence-electron chi connectivity index (χ0n) is 13.6. The van der Waals surface area contributed by atoms with Crippen LogP contribution in [0.2, 0.25) is 0 Å². The van der Waals surface area contributed by atoms with Crippen LogP contribution in [0.5, 0.6) is 0 Å². The molecule has 0 nitrogen and oxygen atoms in total. The number of alkyl halides is 12. The van der Waals surface area contributed by atoms with Crippen molar-refractivity contribution in [3.63, 3.8) is 0 Å². The van der Waals surface area contributed by atoms with Gasteiger partial charge in [-0.15, -0.1) is 0 Å². The Labute approximate surface area is 141 Å². The molecule has 0 spiro atoms. The Morgan fingerprint density at radius 1 is 0.577 bits per heavy atom. The molecule has 0 N–H and O–H groups in total. The molecule has 0 aromatic rings. The Kier molecular flexibility index (Phi) is 8.18. The van der Waals surface area contributed by atoms with Crippen molar-refractivity contribution in [1.29, 1.82) is 0 Å². The highest BCUT2D eigenvalue weighted by molar-refractivity contribution is 5.08. The van der Waals surface area contributed by atoms with Crippen molar-refractivity contribution in [1.82, 2.24) is 0 Å². The molecule has 0 aliphatic carbocycles. The molecule has 1 atom stereocenters. The molecule has 0 rings (SSSR count). The van der Waals surface area contributed by atoms with Crippen molar-refractivity contribution < 1.29 is 52.7 Å². The molecule has 0 bridgehead atoms. The van der Waals surface area contributed by atoms with Crippen molar-refractivity contribution in [2.75, 3.05) is 0 Å². The van der Waals surface area contributed by atoms with Crippen LogP contribution in [0.15, 0.2) is 0 Å². The predicted octanol–water partition coefficient (Wildman–Crippen LogP) is 7.18. The van der Waals surface area contributed by atoms with Crippen molar-refractivity contribution in [2.45, 2.75) is 87.9 Å². The van der Waals surface area contributed by atoms with E-state index < -0.39 is 48.9 Å². The van der Waals surface area contributed by atoms with Crippen LogP contribution in [0.4, 0.5) is 52.7 Å². The van der Waals surface area contributed by atoms with Gasteiger partial charge in [0.1, 0.15) is 0 Å². The largest absolute Gasteiger partial charge is 0.460 e. The lowest BCUT2D eigenvalue weighted by molar-refractivity contribution is -0.426. The van der Waals surface area contributed by atoms with E-state index in [9.17, 15) is 52.7 Å². The third-order valence-corrected chi connectivity index (χ3v) is 3.77. The van der Waals surface area contributed by atoms with Crippen LogP contribution in [-0.4, -0.2) is 36.0 Å². The summed E-state index contributed by atoms with van der Waals surface area (Å²) in [6.07, 6.45) is -10.4. The van der Waals surface area contributed by atoms with E-state index in [1.807, 2.05) is 6.92 Å². The van der Waals surface area contributed by atoms with Gasteiger partial charge in [0.2, 0.25) is 0 Å². The minimum atomic E-state index is -7.55. The zero-order valence-corrected chi connectivity index (χ0v) is 13.6. The van der Waals surface area contributed by atoms with Gasteiger partial charge in [0.25, 0.3) is 0 Å². The zero-order chi connectivity index (χ0) is 21.0. The Bertz CT molecular complexity index is 426. The lowest BCUT2D eigenvalue weighted by Crippen LogP contribution is -2.68. The van der Waals surface area contributed by atoms with Crippen LogP contribution in [0.1, 0.15) is 51.9 Å². The first-order valence-corrected chi connectivity index (χ1v) is 7.70. The average Bonchev–Trinajstić information content (AvgIpc) is 2.48. The summed E-state index contributed by atoms with van der Waals surface area (Å²) >= 11 is 0. The maximum Gasteiger partial charge on any atom is 0.460 e. The lowest BCUT2D eigenvalue weighted by atomic mass is 9.93. The van der Waals surface area contributed by atoms with Crippen LogP contribution in [0.3, 0.4) is 0 Å². The number of unbranched alkanes of at least 4 members (excludes halogenated alkanes) is 5. The van der Waals surface area contributed by atoms with Crippen molar-refractivity contribution >= 4 is 0 Å². The van der Waals surface area contributed by atoms with E-state index in [-0.39, 0.29) is 6.42 Å². The average molecular weight is 414 g/mol. The van der Waals surface area contributed by atoms with E-state index in [4.69, 9.17) is 0 Å². The number of rotatable bonds is 11. The Morgan fingerprint density at radius 3 is 1.42 bits per heavy atom. The molecule has 0 aliphatic rings. The number of hydrogen-bond acceptors (Lipinski definition) is 0. The quantitative estimate of drug-likeness (QED) is 0.248. The number of halogens is 12. The Morgan fingerprint density at radius 2 is 1.00 bits per heavy atom. The molecule has 1 unspecified atom stereocenters. The van der Waals surface area contributed by atoms with Gasteiger partial charge in [-0.25, -0.2) is 4.39 Å². The smallest absolute Gasteiger partial charge is 0.241 e. The summed E-state index contributed by atoms with van der Waals surface area (Å²) in [5.41, 5.74) is 0. The standard InChI is InChI=1S/C14H18F12/c1-2-3-4-5-6-7-8-9(15)10(16,17)11(18,19)12(20,21)13(22,23)14(24,25)26/h9H,2-8H2,1H3. The second-order valence-corrected chi connectivity index (χ2v) is 5.87. The molecule has 0 radical (unpaired) electrons. The maximum absolute atomic E-state index is 13.4. The third kappa shape index (κ3) is 4.71. The van der Waals surface area contributed by atoms with Gasteiger partial charge >= 0.3 is 29.9 Å². The molecule has 0 heterocycles. The third-order valence-electron chi connectivity index (χ3n) is 3.77. The number of hydrogen-bond donors (Lipinski definition) is 0. The molecule has 12 heteroatoms. The predicted molar refractivity (Wildman–Crippen MR) is 68.7 cm³/mol. The molecule has 0 aromatic carbocycles. The molecule has 158 valence electrons. The van der Waals surface area contributed by atoms with Crippen LogP contribution < -0.4 is 0 Å². The topological polar surface area (TPSA) is 0 Å². The summed E-state index contributed by atoms with van der Waals surface area (Å²) in [7, 11) is 0. The molecule has 26 heavy (non-hydrogen) atoms. The summed E-state index contributed by atoms with van der Waals surface area (Å²) in [5.74, 6) is -28.7. The highest BCUT2D eigenvalue weighted by Crippen LogP contribution is 2.58. The van der Waals surface area contributed by atoms with Gasteiger partial charge in [0.15, 0.2) is 6.17 Å². The normalized spacial score (nSPS) is 16.0. The van der Waals surface area contributed by atoms with E-state index in [0.717, 1.165) is 12.8 Å². The summed E-state index contributed by atoms with van der Waals surface area (Å²) in [4.78, 5) is 0. The molecule has 0 aliphatic heterocycles. The van der Waals surface area contributed by atoms with E-state index >= 15 is 0 Å².